The molecule has 1 atom stereocenters. The summed E-state index contributed by atoms with van der Waals surface area (Å²) in [6, 6.07) is 5.52. The van der Waals surface area contributed by atoms with Crippen LogP contribution in [0.15, 0.2) is 18.2 Å². The van der Waals surface area contributed by atoms with Crippen molar-refractivity contribution < 1.29 is 9.13 Å². The van der Waals surface area contributed by atoms with E-state index in [9.17, 15) is 4.39 Å². The van der Waals surface area contributed by atoms with Crippen LogP contribution in [0.5, 0.6) is 5.75 Å². The number of hydrogen-bond acceptors (Lipinski definition) is 3. The molecule has 20 heavy (non-hydrogen) atoms. The molecule has 0 aliphatic heterocycles. The number of benzene rings is 1. The molecule has 0 saturated heterocycles. The first kappa shape index (κ1) is 16.9. The molecule has 0 radical (unpaired) electrons. The van der Waals surface area contributed by atoms with Crippen molar-refractivity contribution in [3.8, 4) is 5.75 Å². The predicted octanol–water partition coefficient (Wildman–Crippen LogP) is 2.90. The van der Waals surface area contributed by atoms with Gasteiger partial charge >= 0.3 is 0 Å². The van der Waals surface area contributed by atoms with E-state index in [4.69, 9.17) is 4.74 Å². The average molecular weight is 282 g/mol. The number of halogens is 1. The van der Waals surface area contributed by atoms with Crippen LogP contribution in [-0.2, 0) is 6.54 Å². The van der Waals surface area contributed by atoms with E-state index < -0.39 is 0 Å². The lowest BCUT2D eigenvalue weighted by molar-refractivity contribution is 0.305. The topological polar surface area (TPSA) is 24.5 Å². The van der Waals surface area contributed by atoms with Gasteiger partial charge in [0.1, 0.15) is 0 Å². The Morgan fingerprint density at radius 3 is 2.50 bits per heavy atom. The second-order valence-electron chi connectivity index (χ2n) is 5.94. The summed E-state index contributed by atoms with van der Waals surface area (Å²) in [7, 11) is 5.62. The standard InChI is InChI=1S/C16H27FN2O/c1-12(2)8-14(11-19(3)4)18-10-13-6-7-16(20-5)15(17)9-13/h6-7,9,12,14,18H,8,10-11H2,1-5H3. The third-order valence-electron chi connectivity index (χ3n) is 3.15. The summed E-state index contributed by atoms with van der Waals surface area (Å²) in [4.78, 5) is 2.18. The highest BCUT2D eigenvalue weighted by Crippen LogP contribution is 2.17. The Kier molecular flexibility index (Phi) is 6.96. The molecule has 1 rings (SSSR count). The first-order chi connectivity index (χ1) is 9.42. The molecule has 1 aromatic rings. The van der Waals surface area contributed by atoms with Crippen molar-refractivity contribution >= 4 is 0 Å². The van der Waals surface area contributed by atoms with E-state index in [1.807, 2.05) is 6.07 Å². The first-order valence-corrected chi connectivity index (χ1v) is 7.13. The number of rotatable bonds is 8. The smallest absolute Gasteiger partial charge is 0.165 e. The molecule has 4 heteroatoms. The van der Waals surface area contributed by atoms with E-state index in [0.29, 0.717) is 24.3 Å². The summed E-state index contributed by atoms with van der Waals surface area (Å²) >= 11 is 0. The van der Waals surface area contributed by atoms with Crippen LogP contribution in [0, 0.1) is 11.7 Å². The zero-order valence-corrected chi connectivity index (χ0v) is 13.2. The molecule has 0 spiro atoms. The number of nitrogens with one attached hydrogen (secondary N) is 1. The summed E-state index contributed by atoms with van der Waals surface area (Å²) in [5, 5.41) is 3.51. The fraction of sp³-hybridized carbons (Fsp3) is 0.625. The molecule has 1 N–H and O–H groups in total. The molecule has 0 saturated carbocycles. The minimum atomic E-state index is -0.306. The van der Waals surface area contributed by atoms with Crippen LogP contribution in [0.25, 0.3) is 0 Å². The van der Waals surface area contributed by atoms with Crippen molar-refractivity contribution in [2.45, 2.75) is 32.9 Å². The van der Waals surface area contributed by atoms with Crippen molar-refractivity contribution in [2.24, 2.45) is 5.92 Å². The molecule has 0 aromatic heterocycles. The molecule has 0 amide bonds. The largest absolute Gasteiger partial charge is 0.494 e. The van der Waals surface area contributed by atoms with Crippen LogP contribution >= 0.6 is 0 Å². The van der Waals surface area contributed by atoms with Crippen molar-refractivity contribution in [1.82, 2.24) is 10.2 Å². The molecule has 1 aromatic carbocycles. The molecule has 3 nitrogen and oxygen atoms in total. The lowest BCUT2D eigenvalue weighted by Crippen LogP contribution is -2.38. The summed E-state index contributed by atoms with van der Waals surface area (Å²) in [5.74, 6) is 0.626. The van der Waals surface area contributed by atoms with Crippen molar-refractivity contribution in [1.29, 1.82) is 0 Å². The van der Waals surface area contributed by atoms with Gasteiger partial charge in [-0.15, -0.1) is 0 Å². The minimum absolute atomic E-state index is 0.292. The Bertz CT molecular complexity index is 397. The zero-order valence-electron chi connectivity index (χ0n) is 13.2. The Hall–Kier alpha value is -1.13. The van der Waals surface area contributed by atoms with Crippen LogP contribution in [0.4, 0.5) is 4.39 Å². The SMILES string of the molecule is COc1ccc(CNC(CC(C)C)CN(C)C)cc1F. The van der Waals surface area contributed by atoms with Gasteiger partial charge in [0.2, 0.25) is 0 Å². The molecule has 114 valence electrons. The average Bonchev–Trinajstić information content (AvgIpc) is 2.34. The number of ether oxygens (including phenoxy) is 1. The molecule has 0 aliphatic rings. The number of nitrogens with zero attached hydrogens (tertiary/aromatic N) is 1. The van der Waals surface area contributed by atoms with Crippen LogP contribution in [0.1, 0.15) is 25.8 Å². The van der Waals surface area contributed by atoms with Crippen molar-refractivity contribution in [3.63, 3.8) is 0 Å². The quantitative estimate of drug-likeness (QED) is 0.793. The molecular formula is C16H27FN2O. The normalized spacial score (nSPS) is 13.0. The van der Waals surface area contributed by atoms with Crippen molar-refractivity contribution in [3.05, 3.63) is 29.6 Å². The summed E-state index contributed by atoms with van der Waals surface area (Å²) < 4.78 is 18.6. The molecule has 1 unspecified atom stereocenters. The first-order valence-electron chi connectivity index (χ1n) is 7.13. The third-order valence-corrected chi connectivity index (χ3v) is 3.15. The summed E-state index contributed by atoms with van der Waals surface area (Å²) in [6.07, 6.45) is 1.11. The van der Waals surface area contributed by atoms with E-state index in [1.165, 1.54) is 13.2 Å². The number of likely N-dealkylation sites (N-methyl/N-ethyl adjacent to an activating group) is 1. The summed E-state index contributed by atoms with van der Waals surface area (Å²) in [6.45, 7) is 6.09. The molecular weight excluding hydrogens is 255 g/mol. The minimum Gasteiger partial charge on any atom is -0.494 e. The third kappa shape index (κ3) is 5.88. The maximum atomic E-state index is 13.6. The number of hydrogen-bond donors (Lipinski definition) is 1. The lowest BCUT2D eigenvalue weighted by atomic mass is 10.0. The van der Waals surface area contributed by atoms with Crippen LogP contribution in [0.3, 0.4) is 0 Å². The monoisotopic (exact) mass is 282 g/mol. The second kappa shape index (κ2) is 8.22. The Balaban J connectivity index is 2.59. The van der Waals surface area contributed by atoms with E-state index in [0.717, 1.165) is 18.5 Å². The Labute approximate surface area is 122 Å². The van der Waals surface area contributed by atoms with Gasteiger partial charge in [-0.2, -0.15) is 0 Å². The predicted molar refractivity (Wildman–Crippen MR) is 81.6 cm³/mol. The Morgan fingerprint density at radius 1 is 1.30 bits per heavy atom. The van der Waals surface area contributed by atoms with Crippen LogP contribution in [0.2, 0.25) is 0 Å². The second-order valence-corrected chi connectivity index (χ2v) is 5.94. The van der Waals surface area contributed by atoms with Gasteiger partial charge in [-0.25, -0.2) is 4.39 Å². The van der Waals surface area contributed by atoms with Gasteiger partial charge in [0.15, 0.2) is 11.6 Å². The highest BCUT2D eigenvalue weighted by Gasteiger charge is 2.12. The highest BCUT2D eigenvalue weighted by atomic mass is 19.1. The lowest BCUT2D eigenvalue weighted by Gasteiger charge is -2.24. The van der Waals surface area contributed by atoms with E-state index in [1.54, 1.807) is 6.07 Å². The maximum Gasteiger partial charge on any atom is 0.165 e. The molecule has 0 aliphatic carbocycles. The van der Waals surface area contributed by atoms with E-state index in [2.05, 4.69) is 38.2 Å². The zero-order chi connectivity index (χ0) is 15.1. The Morgan fingerprint density at radius 2 is 2.00 bits per heavy atom. The van der Waals surface area contributed by atoms with Gasteiger partial charge < -0.3 is 15.0 Å². The van der Waals surface area contributed by atoms with Crippen molar-refractivity contribution in [2.75, 3.05) is 27.7 Å². The number of methoxy groups -OCH3 is 1. The highest BCUT2D eigenvalue weighted by molar-refractivity contribution is 5.29. The van der Waals surface area contributed by atoms with E-state index in [-0.39, 0.29) is 5.82 Å². The van der Waals surface area contributed by atoms with Crippen LogP contribution < -0.4 is 10.1 Å². The van der Waals surface area contributed by atoms with Gasteiger partial charge in [-0.05, 0) is 44.1 Å². The van der Waals surface area contributed by atoms with E-state index >= 15 is 0 Å². The van der Waals surface area contributed by atoms with Gasteiger partial charge in [0.05, 0.1) is 7.11 Å². The fourth-order valence-electron chi connectivity index (χ4n) is 2.31. The van der Waals surface area contributed by atoms with Gasteiger partial charge in [0.25, 0.3) is 0 Å². The van der Waals surface area contributed by atoms with Gasteiger partial charge in [-0.3, -0.25) is 0 Å². The maximum absolute atomic E-state index is 13.6. The summed E-state index contributed by atoms with van der Waals surface area (Å²) in [5.41, 5.74) is 0.941. The fourth-order valence-corrected chi connectivity index (χ4v) is 2.31. The van der Waals surface area contributed by atoms with Gasteiger partial charge in [0, 0.05) is 19.1 Å². The molecule has 0 fully saturated rings. The molecule has 0 bridgehead atoms. The van der Waals surface area contributed by atoms with Gasteiger partial charge in [-0.1, -0.05) is 19.9 Å². The molecule has 0 heterocycles. The van der Waals surface area contributed by atoms with Crippen LogP contribution in [-0.4, -0.2) is 38.7 Å².